The van der Waals surface area contributed by atoms with Gasteiger partial charge in [0.15, 0.2) is 0 Å². The summed E-state index contributed by atoms with van der Waals surface area (Å²) in [6.07, 6.45) is 0. The summed E-state index contributed by atoms with van der Waals surface area (Å²) in [6, 6.07) is 2.59. The molecule has 0 saturated heterocycles. The van der Waals surface area contributed by atoms with E-state index in [0.29, 0.717) is 0 Å². The first-order valence-electron chi connectivity index (χ1n) is 5.96. The summed E-state index contributed by atoms with van der Waals surface area (Å²) in [5.41, 5.74) is -1.23. The Bertz CT molecular complexity index is 595. The summed E-state index contributed by atoms with van der Waals surface area (Å²) in [4.78, 5) is 1.49. The molecule has 1 aromatic rings. The number of hydrogen-bond donors (Lipinski definition) is 2. The molecule has 21 heavy (non-hydrogen) atoms. The maximum absolute atomic E-state index is 12.3. The van der Waals surface area contributed by atoms with Crippen molar-refractivity contribution in [3.8, 4) is 0 Å². The van der Waals surface area contributed by atoms with E-state index >= 15 is 0 Å². The second kappa shape index (κ2) is 7.00. The minimum Gasteiger partial charge on any atom is -0.387 e. The number of nitrogens with one attached hydrogen (secondary N) is 1. The summed E-state index contributed by atoms with van der Waals surface area (Å²) < 4.78 is 26.8. The van der Waals surface area contributed by atoms with Gasteiger partial charge in [0, 0.05) is 18.1 Å². The van der Waals surface area contributed by atoms with Gasteiger partial charge in [0.1, 0.15) is 4.90 Å². The third-order valence-corrected chi connectivity index (χ3v) is 5.07. The number of benzene rings is 1. The van der Waals surface area contributed by atoms with Crippen molar-refractivity contribution in [2.45, 2.75) is 17.4 Å². The van der Waals surface area contributed by atoms with Gasteiger partial charge in [-0.3, -0.25) is 0 Å². The smallest absolute Gasteiger partial charge is 0.243 e. The van der Waals surface area contributed by atoms with Crippen LogP contribution in [0.4, 0.5) is 0 Å². The third-order valence-electron chi connectivity index (χ3n) is 2.53. The average Bonchev–Trinajstić information content (AvgIpc) is 2.23. The van der Waals surface area contributed by atoms with Crippen LogP contribution in [0.5, 0.6) is 0 Å². The van der Waals surface area contributed by atoms with E-state index in [9.17, 15) is 13.5 Å². The first-order valence-corrected chi connectivity index (χ1v) is 8.58. The van der Waals surface area contributed by atoms with Gasteiger partial charge in [-0.05, 0) is 33.2 Å². The Labute approximate surface area is 139 Å². The minimum absolute atomic E-state index is 0.0766. The van der Waals surface area contributed by atoms with Crippen LogP contribution in [-0.2, 0) is 10.0 Å². The van der Waals surface area contributed by atoms with Crippen molar-refractivity contribution in [1.82, 2.24) is 9.62 Å². The van der Waals surface area contributed by atoms with E-state index in [2.05, 4.69) is 4.72 Å². The first-order chi connectivity index (χ1) is 9.44. The average molecular weight is 376 g/mol. The first kappa shape index (κ1) is 19.0. The zero-order valence-corrected chi connectivity index (χ0v) is 14.9. The number of sulfonamides is 1. The van der Waals surface area contributed by atoms with Crippen LogP contribution in [0, 0.1) is 0 Å². The van der Waals surface area contributed by atoms with Crippen molar-refractivity contribution in [2.75, 3.05) is 27.2 Å². The molecule has 1 unspecified atom stereocenters. The van der Waals surface area contributed by atoms with E-state index in [1.165, 1.54) is 19.1 Å². The Kier molecular flexibility index (Phi) is 6.32. The number of nitrogens with zero attached hydrogens (tertiary/aromatic N) is 1. The van der Waals surface area contributed by atoms with E-state index in [1.54, 1.807) is 19.0 Å². The predicted octanol–water partition coefficient (Wildman–Crippen LogP) is 2.24. The van der Waals surface area contributed by atoms with Gasteiger partial charge in [0.25, 0.3) is 0 Å². The lowest BCUT2D eigenvalue weighted by atomic mass is 10.1. The molecule has 0 aliphatic rings. The summed E-state index contributed by atoms with van der Waals surface area (Å²) in [6.45, 7) is 1.64. The van der Waals surface area contributed by atoms with Crippen molar-refractivity contribution in [3.63, 3.8) is 0 Å². The molecular weight excluding hydrogens is 359 g/mol. The van der Waals surface area contributed by atoms with Gasteiger partial charge < -0.3 is 10.0 Å². The van der Waals surface area contributed by atoms with Crippen molar-refractivity contribution >= 4 is 44.8 Å². The zero-order chi connectivity index (χ0) is 16.4. The maximum atomic E-state index is 12.3. The fourth-order valence-corrected chi connectivity index (χ4v) is 4.55. The lowest BCUT2D eigenvalue weighted by Crippen LogP contribution is -2.47. The molecule has 0 amide bonds. The van der Waals surface area contributed by atoms with Crippen LogP contribution in [0.15, 0.2) is 17.0 Å². The van der Waals surface area contributed by atoms with Gasteiger partial charge >= 0.3 is 0 Å². The van der Waals surface area contributed by atoms with E-state index < -0.39 is 15.6 Å². The van der Waals surface area contributed by atoms with Gasteiger partial charge in [-0.2, -0.15) is 0 Å². The zero-order valence-electron chi connectivity index (χ0n) is 11.8. The number of rotatable bonds is 6. The SMILES string of the molecule is CN(C)CC(C)(O)CNS(=O)(=O)c1c(Cl)cc(Cl)cc1Cl. The van der Waals surface area contributed by atoms with E-state index in [-0.39, 0.29) is 33.1 Å². The van der Waals surface area contributed by atoms with Crippen LogP contribution in [-0.4, -0.2) is 51.2 Å². The highest BCUT2D eigenvalue weighted by atomic mass is 35.5. The maximum Gasteiger partial charge on any atom is 0.243 e. The molecule has 2 N–H and O–H groups in total. The molecule has 120 valence electrons. The van der Waals surface area contributed by atoms with Crippen LogP contribution in [0.1, 0.15) is 6.92 Å². The van der Waals surface area contributed by atoms with Crippen LogP contribution >= 0.6 is 34.8 Å². The minimum atomic E-state index is -3.96. The lowest BCUT2D eigenvalue weighted by Gasteiger charge is -2.27. The molecular formula is C12H17Cl3N2O3S. The molecule has 0 spiro atoms. The molecule has 0 saturated carbocycles. The van der Waals surface area contributed by atoms with Gasteiger partial charge in [-0.15, -0.1) is 0 Å². The highest BCUT2D eigenvalue weighted by Gasteiger charge is 2.27. The highest BCUT2D eigenvalue weighted by Crippen LogP contribution is 2.32. The van der Waals surface area contributed by atoms with Gasteiger partial charge in [0.05, 0.1) is 15.6 Å². The van der Waals surface area contributed by atoms with Gasteiger partial charge in [0.2, 0.25) is 10.0 Å². The van der Waals surface area contributed by atoms with Gasteiger partial charge in [-0.25, -0.2) is 13.1 Å². The second-order valence-corrected chi connectivity index (χ2v) is 8.21. The quantitative estimate of drug-likeness (QED) is 0.800. The van der Waals surface area contributed by atoms with Crippen molar-refractivity contribution in [2.24, 2.45) is 0 Å². The van der Waals surface area contributed by atoms with E-state index in [1.807, 2.05) is 0 Å². The number of aliphatic hydroxyl groups is 1. The molecule has 0 aromatic heterocycles. The predicted molar refractivity (Wildman–Crippen MR) is 85.8 cm³/mol. The van der Waals surface area contributed by atoms with E-state index in [0.717, 1.165) is 0 Å². The van der Waals surface area contributed by atoms with Crippen LogP contribution in [0.2, 0.25) is 15.1 Å². The van der Waals surface area contributed by atoms with E-state index in [4.69, 9.17) is 34.8 Å². The number of likely N-dealkylation sites (N-methyl/N-ethyl adjacent to an activating group) is 1. The summed E-state index contributed by atoms with van der Waals surface area (Å²) in [7, 11) is -0.411. The van der Waals surface area contributed by atoms with Crippen molar-refractivity contribution in [1.29, 1.82) is 0 Å². The summed E-state index contributed by atoms with van der Waals surface area (Å²) in [5, 5.41) is 10.2. The van der Waals surface area contributed by atoms with Crippen LogP contribution in [0.25, 0.3) is 0 Å². The van der Waals surface area contributed by atoms with Crippen LogP contribution in [0.3, 0.4) is 0 Å². The van der Waals surface area contributed by atoms with Crippen molar-refractivity contribution < 1.29 is 13.5 Å². The molecule has 0 heterocycles. The standard InChI is InChI=1S/C12H17Cl3N2O3S/c1-12(18,7-17(2)3)6-16-21(19,20)11-9(14)4-8(13)5-10(11)15/h4-5,16,18H,6-7H2,1-3H3. The molecule has 1 aromatic carbocycles. The molecule has 1 atom stereocenters. The Morgan fingerprint density at radius 1 is 1.24 bits per heavy atom. The molecule has 0 aliphatic carbocycles. The van der Waals surface area contributed by atoms with Crippen LogP contribution < -0.4 is 4.72 Å². The topological polar surface area (TPSA) is 69.6 Å². The second-order valence-electron chi connectivity index (χ2n) is 5.26. The molecule has 0 fully saturated rings. The van der Waals surface area contributed by atoms with Gasteiger partial charge in [-0.1, -0.05) is 34.8 Å². The monoisotopic (exact) mass is 374 g/mol. The molecule has 0 bridgehead atoms. The molecule has 0 aliphatic heterocycles. The highest BCUT2D eigenvalue weighted by molar-refractivity contribution is 7.89. The Balaban J connectivity index is 2.98. The largest absolute Gasteiger partial charge is 0.387 e. The Hall–Kier alpha value is -0.0800. The number of hydrogen-bond acceptors (Lipinski definition) is 4. The molecule has 1 rings (SSSR count). The Morgan fingerprint density at radius 3 is 2.14 bits per heavy atom. The lowest BCUT2D eigenvalue weighted by molar-refractivity contribution is 0.0386. The normalized spacial score (nSPS) is 15.2. The van der Waals surface area contributed by atoms with Crippen molar-refractivity contribution in [3.05, 3.63) is 27.2 Å². The molecule has 9 heteroatoms. The Morgan fingerprint density at radius 2 is 1.71 bits per heavy atom. The molecule has 5 nitrogen and oxygen atoms in total. The third kappa shape index (κ3) is 5.56. The fourth-order valence-electron chi connectivity index (χ4n) is 1.85. The number of halogens is 3. The summed E-state index contributed by atoms with van der Waals surface area (Å²) >= 11 is 17.5. The molecule has 0 radical (unpaired) electrons. The fraction of sp³-hybridized carbons (Fsp3) is 0.500. The summed E-state index contributed by atoms with van der Waals surface area (Å²) in [5.74, 6) is 0.